The highest BCUT2D eigenvalue weighted by Crippen LogP contribution is 2.36. The van der Waals surface area contributed by atoms with E-state index in [1.165, 1.54) is 16.9 Å². The Kier molecular flexibility index (Phi) is 7.51. The summed E-state index contributed by atoms with van der Waals surface area (Å²) < 4.78 is 54.7. The van der Waals surface area contributed by atoms with Crippen LogP contribution in [0.25, 0.3) is 11.2 Å². The molecule has 42 heavy (non-hydrogen) atoms. The number of alkyl halides is 3. The second kappa shape index (κ2) is 11.3. The van der Waals surface area contributed by atoms with Crippen LogP contribution in [0.4, 0.5) is 13.2 Å². The molecule has 3 aromatic rings. The van der Waals surface area contributed by atoms with Gasteiger partial charge in [-0.25, -0.2) is 4.52 Å². The van der Waals surface area contributed by atoms with Crippen LogP contribution in [0.5, 0.6) is 5.75 Å². The number of nitriles is 1. The number of halogens is 3. The van der Waals surface area contributed by atoms with Crippen molar-refractivity contribution >= 4 is 17.4 Å². The summed E-state index contributed by atoms with van der Waals surface area (Å²) in [5.74, 6) is 0.644. The maximum Gasteiger partial charge on any atom is 0.417 e. The van der Waals surface area contributed by atoms with E-state index >= 15 is 0 Å². The highest BCUT2D eigenvalue weighted by molar-refractivity contribution is 5.75. The summed E-state index contributed by atoms with van der Waals surface area (Å²) in [7, 11) is 0. The Labute approximate surface area is 240 Å². The number of likely N-dealkylation sites (tertiary alicyclic amines) is 1. The monoisotopic (exact) mass is 579 g/mol. The van der Waals surface area contributed by atoms with E-state index in [1.54, 1.807) is 19.2 Å². The molecular weight excluding hydrogens is 549 g/mol. The zero-order chi connectivity index (χ0) is 29.4. The Morgan fingerprint density at radius 3 is 2.76 bits per heavy atom. The minimum Gasteiger partial charge on any atom is -0.484 e. The van der Waals surface area contributed by atoms with E-state index in [9.17, 15) is 18.4 Å². The maximum atomic E-state index is 13.3. The summed E-state index contributed by atoms with van der Waals surface area (Å²) in [6, 6.07) is 5.37. The number of hydrogen-bond acceptors (Lipinski definition) is 8. The van der Waals surface area contributed by atoms with E-state index in [2.05, 4.69) is 37.6 Å². The molecule has 0 spiro atoms. The number of pyridine rings is 2. The van der Waals surface area contributed by atoms with Gasteiger partial charge in [0.25, 0.3) is 5.70 Å². The molecule has 0 aromatic carbocycles. The first-order chi connectivity index (χ1) is 20.2. The average molecular weight is 580 g/mol. The van der Waals surface area contributed by atoms with Gasteiger partial charge in [0, 0.05) is 37.0 Å². The molecule has 0 bridgehead atoms. The predicted molar refractivity (Wildman–Crippen MR) is 145 cm³/mol. The molecule has 3 aromatic heterocycles. The zero-order valence-corrected chi connectivity index (χ0v) is 23.3. The van der Waals surface area contributed by atoms with Crippen LogP contribution in [-0.2, 0) is 10.9 Å². The van der Waals surface area contributed by atoms with Crippen LogP contribution in [-0.4, -0.2) is 62.7 Å². The van der Waals surface area contributed by atoms with Crippen LogP contribution in [0.2, 0.25) is 0 Å². The average Bonchev–Trinajstić information content (AvgIpc) is 3.44. The molecule has 0 saturated carbocycles. The fourth-order valence-electron chi connectivity index (χ4n) is 5.52. The van der Waals surface area contributed by atoms with Crippen molar-refractivity contribution in [2.45, 2.75) is 51.4 Å². The Hall–Kier alpha value is -4.15. The second-order valence-electron chi connectivity index (χ2n) is 10.9. The van der Waals surface area contributed by atoms with Crippen molar-refractivity contribution in [2.75, 3.05) is 26.3 Å². The number of nitrogens with zero attached hydrogens (tertiary/aromatic N) is 8. The fourth-order valence-corrected chi connectivity index (χ4v) is 5.52. The summed E-state index contributed by atoms with van der Waals surface area (Å²) in [6.45, 7) is 7.30. The Bertz CT molecular complexity index is 1630. The molecule has 13 heteroatoms. The van der Waals surface area contributed by atoms with Crippen molar-refractivity contribution in [1.82, 2.24) is 19.5 Å². The van der Waals surface area contributed by atoms with Gasteiger partial charge in [-0.3, -0.25) is 9.88 Å². The van der Waals surface area contributed by atoms with Crippen molar-refractivity contribution in [1.29, 1.82) is 5.26 Å². The molecule has 0 N–H and O–H groups in total. The van der Waals surface area contributed by atoms with Gasteiger partial charge in [0.1, 0.15) is 40.4 Å². The third-order valence-corrected chi connectivity index (χ3v) is 8.05. The van der Waals surface area contributed by atoms with E-state index in [4.69, 9.17) is 9.47 Å². The van der Waals surface area contributed by atoms with E-state index in [1.807, 2.05) is 11.6 Å². The number of fused-ring (bicyclic) bond motifs is 1. The van der Waals surface area contributed by atoms with Gasteiger partial charge in [0.2, 0.25) is 0 Å². The molecule has 6 rings (SSSR count). The standard InChI is InChI=1S/C29H30F3N8O2/c1-18-27(36-37-39(18)14-20-4-3-6-38(7-5-20)25-16-41-17-25)22-9-26(28-23(10-33)12-35-40(28)15-22)42-19(2)21-8-24(13-34-11-21)29(30,31)32/h8-9,11-15,19-20,25H,3-7,16-17H2,1-2H3/q+1/b39-14+. The molecule has 0 aliphatic carbocycles. The molecule has 3 aliphatic heterocycles. The molecule has 2 saturated heterocycles. The first kappa shape index (κ1) is 28.0. The van der Waals surface area contributed by atoms with Gasteiger partial charge in [-0.15, -0.1) is 4.68 Å². The highest BCUT2D eigenvalue weighted by Gasteiger charge is 2.33. The Balaban J connectivity index is 1.28. The third kappa shape index (κ3) is 5.52. The molecule has 3 aliphatic rings. The summed E-state index contributed by atoms with van der Waals surface area (Å²) in [5, 5.41) is 22.8. The first-order valence-corrected chi connectivity index (χ1v) is 13.9. The molecule has 2 unspecified atom stereocenters. The number of rotatable bonds is 6. The topological polar surface area (TPSA) is 103 Å². The van der Waals surface area contributed by atoms with Gasteiger partial charge in [0.15, 0.2) is 5.70 Å². The normalized spacial score (nSPS) is 21.9. The number of hydrogen-bond donors (Lipinski definition) is 0. The number of aromatic nitrogens is 3. The summed E-state index contributed by atoms with van der Waals surface area (Å²) in [5.41, 5.74) is 2.15. The van der Waals surface area contributed by atoms with Crippen LogP contribution in [0.3, 0.4) is 0 Å². The summed E-state index contributed by atoms with van der Waals surface area (Å²) >= 11 is 0. The second-order valence-corrected chi connectivity index (χ2v) is 10.9. The summed E-state index contributed by atoms with van der Waals surface area (Å²) in [4.78, 5) is 6.27. The number of ether oxygens (including phenoxy) is 2. The molecule has 2 fully saturated rings. The van der Waals surface area contributed by atoms with Crippen molar-refractivity contribution in [3.8, 4) is 11.8 Å². The summed E-state index contributed by atoms with van der Waals surface area (Å²) in [6.07, 6.45) is 5.28. The van der Waals surface area contributed by atoms with E-state index in [0.717, 1.165) is 63.5 Å². The van der Waals surface area contributed by atoms with Crippen molar-refractivity contribution in [3.63, 3.8) is 0 Å². The third-order valence-electron chi connectivity index (χ3n) is 8.05. The van der Waals surface area contributed by atoms with Gasteiger partial charge in [-0.2, -0.15) is 23.5 Å². The van der Waals surface area contributed by atoms with E-state index in [0.29, 0.717) is 28.7 Å². The van der Waals surface area contributed by atoms with Gasteiger partial charge in [0.05, 0.1) is 41.7 Å². The van der Waals surface area contributed by atoms with Crippen LogP contribution < -0.4 is 4.74 Å². The SMILES string of the molecule is CC1=C(c2cc(OC(C)c3cncc(C(F)(F)F)c3)c3c(C#N)cnn3c2)N=N/[N+]1=C/C1CCCN(C2COC2)CC1. The lowest BCUT2D eigenvalue weighted by atomic mass is 10.0. The smallest absolute Gasteiger partial charge is 0.417 e. The maximum absolute atomic E-state index is 13.3. The minimum atomic E-state index is -4.53. The number of allylic oxidation sites excluding steroid dienone is 1. The van der Waals surface area contributed by atoms with Crippen LogP contribution in [0, 0.1) is 17.2 Å². The van der Waals surface area contributed by atoms with Crippen LogP contribution in [0.15, 0.2) is 53.0 Å². The Morgan fingerprint density at radius 2 is 2.02 bits per heavy atom. The van der Waals surface area contributed by atoms with Gasteiger partial charge in [-0.1, -0.05) is 0 Å². The first-order valence-electron chi connectivity index (χ1n) is 13.9. The molecule has 2 atom stereocenters. The predicted octanol–water partition coefficient (Wildman–Crippen LogP) is 5.41. The van der Waals surface area contributed by atoms with Gasteiger partial charge < -0.3 is 9.47 Å². The lowest BCUT2D eigenvalue weighted by molar-refractivity contribution is -0.480. The fraction of sp³-hybridized carbons (Fsp3) is 0.448. The van der Waals surface area contributed by atoms with Gasteiger partial charge in [-0.05, 0) is 51.4 Å². The van der Waals surface area contributed by atoms with Crippen molar-refractivity contribution in [2.24, 2.45) is 16.3 Å². The molecule has 218 valence electrons. The van der Waals surface area contributed by atoms with Gasteiger partial charge >= 0.3 is 6.18 Å². The lowest BCUT2D eigenvalue weighted by Crippen LogP contribution is -2.49. The lowest BCUT2D eigenvalue weighted by Gasteiger charge is -2.36. The molecular formula is C29H30F3N8O2+. The molecule has 0 amide bonds. The highest BCUT2D eigenvalue weighted by atomic mass is 19.4. The minimum absolute atomic E-state index is 0.245. The molecule has 10 nitrogen and oxygen atoms in total. The zero-order valence-electron chi connectivity index (χ0n) is 23.3. The largest absolute Gasteiger partial charge is 0.484 e. The van der Waals surface area contributed by atoms with E-state index < -0.39 is 17.8 Å². The Morgan fingerprint density at radius 1 is 1.19 bits per heavy atom. The quantitative estimate of drug-likeness (QED) is 0.362. The van der Waals surface area contributed by atoms with Crippen LogP contribution >= 0.6 is 0 Å². The molecule has 0 radical (unpaired) electrons. The molecule has 6 heterocycles. The van der Waals surface area contributed by atoms with E-state index in [-0.39, 0.29) is 16.9 Å². The van der Waals surface area contributed by atoms with Crippen molar-refractivity contribution < 1.29 is 27.3 Å². The van der Waals surface area contributed by atoms with Crippen LogP contribution in [0.1, 0.15) is 61.5 Å². The van der Waals surface area contributed by atoms with Crippen molar-refractivity contribution in [3.05, 3.63) is 64.9 Å².